The van der Waals surface area contributed by atoms with Crippen molar-refractivity contribution in [3.8, 4) is 0 Å². The highest BCUT2D eigenvalue weighted by Gasteiger charge is 2.31. The normalized spacial score (nSPS) is 12.2. The summed E-state index contributed by atoms with van der Waals surface area (Å²) < 4.78 is 26.2. The van der Waals surface area contributed by atoms with Gasteiger partial charge in [-0.15, -0.1) is 0 Å². The van der Waals surface area contributed by atoms with E-state index < -0.39 is 28.5 Å². The lowest BCUT2D eigenvalue weighted by Gasteiger charge is -2.33. The molecule has 0 aliphatic carbocycles. The Morgan fingerprint density at radius 2 is 1.63 bits per heavy atom. The second-order valence-corrected chi connectivity index (χ2v) is 11.3. The van der Waals surface area contributed by atoms with E-state index in [2.05, 4.69) is 5.32 Å². The third kappa shape index (κ3) is 8.70. The number of unbranched alkanes of at least 4 members (excludes halogenated alkanes) is 1. The van der Waals surface area contributed by atoms with Gasteiger partial charge in [-0.25, -0.2) is 8.42 Å². The van der Waals surface area contributed by atoms with Gasteiger partial charge in [0.05, 0.1) is 11.9 Å². The summed E-state index contributed by atoms with van der Waals surface area (Å²) in [4.78, 5) is 28.1. The van der Waals surface area contributed by atoms with Crippen LogP contribution in [0.25, 0.3) is 0 Å². The molecule has 35 heavy (non-hydrogen) atoms. The van der Waals surface area contributed by atoms with Gasteiger partial charge < -0.3 is 10.2 Å². The molecule has 2 aromatic carbocycles. The molecule has 7 nitrogen and oxygen atoms in total. The summed E-state index contributed by atoms with van der Waals surface area (Å²) in [6, 6.07) is 11.2. The lowest BCUT2D eigenvalue weighted by molar-refractivity contribution is -0.140. The molecule has 0 radical (unpaired) electrons. The topological polar surface area (TPSA) is 86.8 Å². The predicted octanol–water partition coefficient (Wildman–Crippen LogP) is 4.79. The number of nitrogens with one attached hydrogen (secondary N) is 1. The van der Waals surface area contributed by atoms with Crippen molar-refractivity contribution in [3.05, 3.63) is 63.6 Å². The molecule has 0 aliphatic heterocycles. The van der Waals surface area contributed by atoms with Crippen molar-refractivity contribution in [1.29, 1.82) is 0 Å². The largest absolute Gasteiger partial charge is 0.354 e. The van der Waals surface area contributed by atoms with Gasteiger partial charge in [-0.05, 0) is 43.5 Å². The van der Waals surface area contributed by atoms with E-state index in [1.54, 1.807) is 0 Å². The van der Waals surface area contributed by atoms with Crippen LogP contribution in [0, 0.1) is 6.92 Å². The Hall–Kier alpha value is -2.29. The molecule has 1 atom stereocenters. The molecule has 0 aliphatic rings. The number of carbonyl (C=O) groups excluding carboxylic acids is 2. The monoisotopic (exact) mass is 541 g/mol. The number of benzene rings is 2. The smallest absolute Gasteiger partial charge is 0.244 e. The number of amides is 2. The number of anilines is 1. The quantitative estimate of drug-likeness (QED) is 0.391. The maximum atomic E-state index is 13.6. The van der Waals surface area contributed by atoms with Crippen LogP contribution in [0.4, 0.5) is 5.69 Å². The van der Waals surface area contributed by atoms with Gasteiger partial charge in [-0.2, -0.15) is 0 Å². The Bertz CT molecular complexity index is 1100. The summed E-state index contributed by atoms with van der Waals surface area (Å²) in [6.07, 6.45) is 3.13. The number of halogens is 2. The van der Waals surface area contributed by atoms with Gasteiger partial charge in [-0.3, -0.25) is 13.9 Å². The predicted molar refractivity (Wildman–Crippen MR) is 142 cm³/mol. The van der Waals surface area contributed by atoms with E-state index in [0.717, 1.165) is 34.5 Å². The summed E-state index contributed by atoms with van der Waals surface area (Å²) in [5.41, 5.74) is 2.08. The number of hydrogen-bond donors (Lipinski definition) is 1. The van der Waals surface area contributed by atoms with Gasteiger partial charge in [-0.1, -0.05) is 73.3 Å². The molecular weight excluding hydrogens is 509 g/mol. The van der Waals surface area contributed by atoms with Crippen LogP contribution >= 0.6 is 23.2 Å². The number of sulfonamides is 1. The van der Waals surface area contributed by atoms with Crippen LogP contribution in [-0.4, -0.2) is 50.5 Å². The highest BCUT2D eigenvalue weighted by Crippen LogP contribution is 2.27. The van der Waals surface area contributed by atoms with Crippen LogP contribution in [-0.2, 0) is 26.2 Å². The van der Waals surface area contributed by atoms with Crippen LogP contribution in [0.1, 0.15) is 44.2 Å². The van der Waals surface area contributed by atoms with E-state index in [1.165, 1.54) is 23.1 Å². The number of nitrogens with zero attached hydrogens (tertiary/aromatic N) is 2. The molecule has 2 aromatic rings. The molecule has 0 bridgehead atoms. The Labute approximate surface area is 218 Å². The fourth-order valence-electron chi connectivity index (χ4n) is 3.61. The fourth-order valence-corrected chi connectivity index (χ4v) is 4.96. The van der Waals surface area contributed by atoms with Crippen LogP contribution in [0.2, 0.25) is 10.0 Å². The molecule has 10 heteroatoms. The van der Waals surface area contributed by atoms with Crippen molar-refractivity contribution in [2.75, 3.05) is 23.7 Å². The zero-order valence-corrected chi connectivity index (χ0v) is 22.9. The molecule has 0 aromatic heterocycles. The molecule has 192 valence electrons. The SMILES string of the molecule is CCCCNC(=O)C(CC)N(Cc1ccc(C)cc1)C(=O)CN(c1cc(Cl)cc(Cl)c1)S(C)(=O)=O. The minimum absolute atomic E-state index is 0.159. The molecule has 0 saturated heterocycles. The van der Waals surface area contributed by atoms with E-state index in [9.17, 15) is 18.0 Å². The summed E-state index contributed by atoms with van der Waals surface area (Å²) in [5, 5.41) is 3.38. The Kier molecular flexibility index (Phi) is 10.9. The van der Waals surface area contributed by atoms with Crippen molar-refractivity contribution in [2.45, 2.75) is 52.6 Å². The van der Waals surface area contributed by atoms with Crippen molar-refractivity contribution < 1.29 is 18.0 Å². The molecule has 0 heterocycles. The van der Waals surface area contributed by atoms with Gasteiger partial charge >= 0.3 is 0 Å². The first-order valence-corrected chi connectivity index (χ1v) is 14.1. The Balaban J connectivity index is 2.42. The highest BCUT2D eigenvalue weighted by atomic mass is 35.5. The van der Waals surface area contributed by atoms with Crippen molar-refractivity contribution >= 4 is 50.7 Å². The van der Waals surface area contributed by atoms with Gasteiger partial charge in [0.1, 0.15) is 12.6 Å². The first-order valence-electron chi connectivity index (χ1n) is 11.5. The van der Waals surface area contributed by atoms with Gasteiger partial charge in [0.2, 0.25) is 21.8 Å². The van der Waals surface area contributed by atoms with E-state index in [1.807, 2.05) is 45.0 Å². The molecule has 1 N–H and O–H groups in total. The Morgan fingerprint density at radius 1 is 1.03 bits per heavy atom. The van der Waals surface area contributed by atoms with Crippen molar-refractivity contribution in [2.24, 2.45) is 0 Å². The van der Waals surface area contributed by atoms with Gasteiger partial charge in [0.15, 0.2) is 0 Å². The molecule has 0 saturated carbocycles. The molecule has 0 spiro atoms. The number of carbonyl (C=O) groups is 2. The number of aryl methyl sites for hydroxylation is 1. The van der Waals surface area contributed by atoms with Crippen LogP contribution in [0.5, 0.6) is 0 Å². The maximum Gasteiger partial charge on any atom is 0.244 e. The third-order valence-corrected chi connectivity index (χ3v) is 7.08. The second kappa shape index (κ2) is 13.1. The van der Waals surface area contributed by atoms with E-state index >= 15 is 0 Å². The van der Waals surface area contributed by atoms with Gasteiger partial charge in [0, 0.05) is 23.1 Å². The maximum absolute atomic E-state index is 13.6. The average Bonchev–Trinajstić information content (AvgIpc) is 2.77. The average molecular weight is 543 g/mol. The molecular formula is C25H33Cl2N3O4S. The summed E-state index contributed by atoms with van der Waals surface area (Å²) >= 11 is 12.2. The summed E-state index contributed by atoms with van der Waals surface area (Å²) in [6.45, 7) is 5.98. The molecule has 2 amide bonds. The van der Waals surface area contributed by atoms with E-state index in [4.69, 9.17) is 23.2 Å². The van der Waals surface area contributed by atoms with Crippen LogP contribution < -0.4 is 9.62 Å². The minimum atomic E-state index is -3.86. The minimum Gasteiger partial charge on any atom is -0.354 e. The van der Waals surface area contributed by atoms with Crippen LogP contribution in [0.3, 0.4) is 0 Å². The zero-order valence-electron chi connectivity index (χ0n) is 20.6. The lowest BCUT2D eigenvalue weighted by Crippen LogP contribution is -2.52. The van der Waals surface area contributed by atoms with Crippen molar-refractivity contribution in [1.82, 2.24) is 10.2 Å². The van der Waals surface area contributed by atoms with Gasteiger partial charge in [0.25, 0.3) is 0 Å². The second-order valence-electron chi connectivity index (χ2n) is 8.47. The Morgan fingerprint density at radius 3 is 2.14 bits per heavy atom. The number of hydrogen-bond acceptors (Lipinski definition) is 4. The van der Waals surface area contributed by atoms with E-state index in [0.29, 0.717) is 13.0 Å². The summed E-state index contributed by atoms with van der Waals surface area (Å²) in [7, 11) is -3.86. The van der Waals surface area contributed by atoms with E-state index in [-0.39, 0.29) is 28.2 Å². The first kappa shape index (κ1) is 28.9. The number of rotatable bonds is 12. The molecule has 1 unspecified atom stereocenters. The molecule has 0 fully saturated rings. The highest BCUT2D eigenvalue weighted by molar-refractivity contribution is 7.92. The fraction of sp³-hybridized carbons (Fsp3) is 0.440. The zero-order chi connectivity index (χ0) is 26.2. The standard InChI is InChI=1S/C25H33Cl2N3O4S/c1-5-7-12-28-25(32)23(6-2)29(16-19-10-8-18(3)9-11-19)24(31)17-30(35(4,33)34)22-14-20(26)13-21(27)15-22/h8-11,13-15,23H,5-7,12,16-17H2,1-4H3,(H,28,32). The lowest BCUT2D eigenvalue weighted by atomic mass is 10.1. The molecule has 2 rings (SSSR count). The van der Waals surface area contributed by atoms with Crippen molar-refractivity contribution in [3.63, 3.8) is 0 Å². The first-order chi connectivity index (χ1) is 16.5. The van der Waals surface area contributed by atoms with Crippen LogP contribution in [0.15, 0.2) is 42.5 Å². The third-order valence-electron chi connectivity index (χ3n) is 5.50. The summed E-state index contributed by atoms with van der Waals surface area (Å²) in [5.74, 6) is -0.775.